The molecule has 0 saturated carbocycles. The molecule has 41 heteroatoms. The number of aromatic nitrogens is 1. The van der Waals surface area contributed by atoms with E-state index in [4.69, 9.17) is 21.9 Å². The number of hydrogen-bond donors (Lipinski definition) is 21. The Hall–Kier alpha value is -12.2. The number of esters is 1. The lowest BCUT2D eigenvalue weighted by molar-refractivity contribution is -0.156. The molecule has 0 radical (unpaired) electrons. The number of para-hydroxylation sites is 2. The molecule has 1 aromatic heterocycles. The van der Waals surface area contributed by atoms with Gasteiger partial charge in [-0.05, 0) is 76.3 Å². The number of aromatic amines is 1. The first-order valence-corrected chi connectivity index (χ1v) is 36.2. The summed E-state index contributed by atoms with van der Waals surface area (Å²) in [6, 6.07) is -9.24. The molecule has 4 rings (SSSR count). The number of cyclic esters (lactones) is 1. The number of benzene rings is 2. The minimum Gasteiger partial charge on any atom is -0.481 e. The Morgan fingerprint density at radius 3 is 1.73 bits per heavy atom. The van der Waals surface area contributed by atoms with Gasteiger partial charge in [0, 0.05) is 47.6 Å². The summed E-state index contributed by atoms with van der Waals surface area (Å²) in [4.78, 5) is 263. The van der Waals surface area contributed by atoms with Crippen LogP contribution in [0.5, 0.6) is 0 Å². The predicted molar refractivity (Wildman–Crippen MR) is 394 cm³/mol. The second kappa shape index (κ2) is 46.4. The van der Waals surface area contributed by atoms with E-state index >= 15 is 0 Å². The van der Waals surface area contributed by atoms with E-state index in [1.54, 1.807) is 30.5 Å². The number of carbonyl (C=O) groups excluding carboxylic acids is 16. The summed E-state index contributed by atoms with van der Waals surface area (Å²) in [7, 11) is 0. The maximum atomic E-state index is 14.8. The van der Waals surface area contributed by atoms with E-state index in [1.807, 2.05) is 0 Å². The number of primary amides is 1. The second-order valence-corrected chi connectivity index (χ2v) is 26.8. The Balaban J connectivity index is 1.86. The van der Waals surface area contributed by atoms with Crippen molar-refractivity contribution in [2.45, 2.75) is 210 Å². The number of carboxylic acids is 3. The molecule has 3 aromatic rings. The number of nitrogen functional groups attached to an aromatic ring is 1. The number of anilines is 1. The molecular formula is C71H101N17O24. The zero-order valence-electron chi connectivity index (χ0n) is 62.5. The number of aliphatic hydroxyl groups excluding tert-OH is 1. The standard InChI is InChI=1S/C71H101N17O24/c1-6-7-8-9-10-11-12-23-53(92)81-45(26-39-31-75-43-21-16-14-18-40(39)43)65(105)83-46(28-52(74)91)66(106)85-48(30-58(99)100)67(107)88-60-38(5)112-71(111)49(27-51(90)41-19-13-15-20-42(41)73)86-70(110)59(35(2)25-56(95)96)87-68(108)50(34-89)82-55(94)32-76-61(101)36(3)78-62(102)37(4)79-64(104)47(29-57(97)98)84-63(103)44(22-17-24-72)80-54(93)33-77-69(60)109/h13-16,18-21,31,35-38,44-50,59-60,75,89H,6-12,17,22-30,32-34,72-73H2,1-5H3,(H2,74,91)(H,76,101)(H,77,109)(H,78,102)(H,79,104)(H,80,93)(H,81,92)(H,82,94)(H,83,105)(H,84,103)(H,85,106)(H,86,110)(H,87,108)(H,88,107)(H,95,96)(H,97,98)(H,99,100)/t35-,36-,37+,38+,44-,45-,46-,47-,48-,49-,50+,59-,60-/m0/s1. The number of unbranched alkanes of at least 4 members (excludes halogenated alkanes) is 6. The van der Waals surface area contributed by atoms with E-state index in [9.17, 15) is 112 Å². The summed E-state index contributed by atoms with van der Waals surface area (Å²) in [5.74, 6) is -26.7. The van der Waals surface area contributed by atoms with Crippen LogP contribution in [0.25, 0.3) is 10.9 Å². The summed E-state index contributed by atoms with van der Waals surface area (Å²) in [5.41, 5.74) is 18.2. The molecule has 1 saturated heterocycles. The van der Waals surface area contributed by atoms with Crippen molar-refractivity contribution in [1.29, 1.82) is 0 Å². The highest BCUT2D eigenvalue weighted by Crippen LogP contribution is 2.21. The minimum absolute atomic E-state index is 0.00860. The Morgan fingerprint density at radius 1 is 0.562 bits per heavy atom. The number of aliphatic hydroxyl groups is 1. The number of ketones is 1. The number of nitrogens with one attached hydrogen (secondary N) is 14. The fourth-order valence-electron chi connectivity index (χ4n) is 11.5. The summed E-state index contributed by atoms with van der Waals surface area (Å²) in [6.45, 7) is 2.77. The molecule has 2 aromatic carbocycles. The quantitative estimate of drug-likeness (QED) is 0.0117. The molecule has 614 valence electrons. The number of ether oxygens (including phenoxy) is 1. The Bertz CT molecular complexity index is 3910. The van der Waals surface area contributed by atoms with Crippen molar-refractivity contribution >= 4 is 129 Å². The van der Waals surface area contributed by atoms with Crippen molar-refractivity contribution in [2.24, 2.45) is 17.4 Å². The smallest absolute Gasteiger partial charge is 0.329 e. The Labute approximate surface area is 642 Å². The van der Waals surface area contributed by atoms with Gasteiger partial charge in [0.2, 0.25) is 82.7 Å². The maximum absolute atomic E-state index is 14.8. The van der Waals surface area contributed by atoms with Crippen molar-refractivity contribution in [3.8, 4) is 0 Å². The third-order valence-electron chi connectivity index (χ3n) is 17.6. The monoisotopic (exact) mass is 1580 g/mol. The number of H-pyrrole nitrogens is 1. The van der Waals surface area contributed by atoms with Gasteiger partial charge in [-0.2, -0.15) is 0 Å². The third kappa shape index (κ3) is 31.1. The summed E-state index contributed by atoms with van der Waals surface area (Å²) in [5, 5.41) is 69.7. The van der Waals surface area contributed by atoms with E-state index in [0.29, 0.717) is 29.3 Å². The van der Waals surface area contributed by atoms with E-state index in [-0.39, 0.29) is 43.5 Å². The summed E-state index contributed by atoms with van der Waals surface area (Å²) >= 11 is 0. The van der Waals surface area contributed by atoms with Crippen LogP contribution < -0.4 is 86.3 Å². The first-order chi connectivity index (χ1) is 53.0. The van der Waals surface area contributed by atoms with Crippen molar-refractivity contribution in [3.63, 3.8) is 0 Å². The molecule has 0 bridgehead atoms. The summed E-state index contributed by atoms with van der Waals surface area (Å²) < 4.78 is 5.69. The topological polar surface area (TPSA) is 665 Å². The van der Waals surface area contributed by atoms with Crippen LogP contribution in [0.2, 0.25) is 0 Å². The van der Waals surface area contributed by atoms with Crippen LogP contribution in [0.1, 0.15) is 147 Å². The zero-order chi connectivity index (χ0) is 83.5. The van der Waals surface area contributed by atoms with Crippen molar-refractivity contribution in [3.05, 3.63) is 65.9 Å². The largest absolute Gasteiger partial charge is 0.481 e. The molecule has 14 amide bonds. The molecule has 0 spiro atoms. The number of aliphatic carboxylic acids is 3. The van der Waals surface area contributed by atoms with Crippen LogP contribution in [-0.4, -0.2) is 237 Å². The van der Waals surface area contributed by atoms with Crippen LogP contribution in [0.3, 0.4) is 0 Å². The highest BCUT2D eigenvalue weighted by molar-refractivity contribution is 6.05. The maximum Gasteiger partial charge on any atom is 0.329 e. The number of nitrogens with two attached hydrogens (primary N) is 3. The third-order valence-corrected chi connectivity index (χ3v) is 17.6. The van der Waals surface area contributed by atoms with Crippen molar-refractivity contribution in [2.75, 3.05) is 32.0 Å². The minimum atomic E-state index is -2.42. The number of carbonyl (C=O) groups is 19. The lowest BCUT2D eigenvalue weighted by atomic mass is 9.96. The molecule has 24 N–H and O–H groups in total. The lowest BCUT2D eigenvalue weighted by Crippen LogP contribution is -2.62. The fraction of sp³-hybridized carbons (Fsp3) is 0.535. The first kappa shape index (κ1) is 92.2. The average molecular weight is 1580 g/mol. The van der Waals surface area contributed by atoms with Gasteiger partial charge in [-0.3, -0.25) is 86.3 Å². The van der Waals surface area contributed by atoms with Crippen LogP contribution >= 0.6 is 0 Å². The molecule has 2 heterocycles. The number of rotatable bonds is 33. The molecule has 1 aliphatic heterocycles. The van der Waals surface area contributed by atoms with Gasteiger partial charge in [0.05, 0.1) is 45.4 Å². The molecule has 41 nitrogen and oxygen atoms in total. The molecule has 0 aliphatic carbocycles. The first-order valence-electron chi connectivity index (χ1n) is 36.2. The van der Waals surface area contributed by atoms with Crippen LogP contribution in [-0.2, 0) is 97.5 Å². The number of amides is 14. The molecular weight excluding hydrogens is 1470 g/mol. The highest BCUT2D eigenvalue weighted by atomic mass is 16.5. The van der Waals surface area contributed by atoms with Gasteiger partial charge in [0.1, 0.15) is 72.6 Å². The number of hydrogen-bond acceptors (Lipinski definition) is 23. The second-order valence-electron chi connectivity index (χ2n) is 26.8. The van der Waals surface area contributed by atoms with Gasteiger partial charge in [0.25, 0.3) is 0 Å². The van der Waals surface area contributed by atoms with Gasteiger partial charge >= 0.3 is 23.9 Å². The SMILES string of the molecule is CCCCCCCCCC(=O)N[C@@H](Cc1c[nH]c2ccccc12)C(=O)N[C@@H](CC(N)=O)C(=O)N[C@@H](CC(=O)O)C(=O)N[C@@H]1C(=O)NCC(=O)N[C@@H](CCCN)C(=O)N[C@@H](CC(=O)O)C(=O)N[C@H](C)C(=O)N[C@@H](C)C(=O)NCC(=O)N[C@H](CO)C(=O)N[C@@H]([C@@H](C)CC(=O)O)C(=O)N[C@@H](CC(=O)c2ccccc2N)C(=O)O[C@@H]1C. The summed E-state index contributed by atoms with van der Waals surface area (Å²) in [6.07, 6.45) is -0.751. The fourth-order valence-corrected chi connectivity index (χ4v) is 11.5. The zero-order valence-corrected chi connectivity index (χ0v) is 62.5. The van der Waals surface area contributed by atoms with Gasteiger partial charge in [-0.1, -0.05) is 82.7 Å². The molecule has 13 atom stereocenters. The van der Waals surface area contributed by atoms with E-state index < -0.39 is 243 Å². The van der Waals surface area contributed by atoms with Gasteiger partial charge in [-0.25, -0.2) is 4.79 Å². The van der Waals surface area contributed by atoms with Gasteiger partial charge in [-0.15, -0.1) is 0 Å². The van der Waals surface area contributed by atoms with E-state index in [0.717, 1.165) is 59.8 Å². The van der Waals surface area contributed by atoms with Crippen molar-refractivity contribution < 1.29 is 116 Å². The molecule has 112 heavy (non-hydrogen) atoms. The average Bonchev–Trinajstić information content (AvgIpc) is 1.63. The number of fused-ring (bicyclic) bond motifs is 1. The van der Waals surface area contributed by atoms with Crippen LogP contribution in [0, 0.1) is 5.92 Å². The van der Waals surface area contributed by atoms with Gasteiger partial charge in [0.15, 0.2) is 5.78 Å². The van der Waals surface area contributed by atoms with Crippen LogP contribution in [0.15, 0.2) is 54.7 Å². The normalized spacial score (nSPS) is 21.5. The number of carboxylic acid groups (broad SMARTS) is 3. The molecule has 1 aliphatic rings. The lowest BCUT2D eigenvalue weighted by Gasteiger charge is -2.30. The van der Waals surface area contributed by atoms with Gasteiger partial charge < -0.3 is 116 Å². The Kier molecular flexibility index (Phi) is 38.2. The highest BCUT2D eigenvalue weighted by Gasteiger charge is 2.41. The Morgan fingerprint density at radius 2 is 1.12 bits per heavy atom. The predicted octanol–water partition coefficient (Wildman–Crippen LogP) is -5.08. The van der Waals surface area contributed by atoms with Crippen LogP contribution in [0.4, 0.5) is 5.69 Å². The van der Waals surface area contributed by atoms with Crippen molar-refractivity contribution in [1.82, 2.24) is 74.1 Å². The van der Waals surface area contributed by atoms with E-state index in [1.165, 1.54) is 24.3 Å². The molecule has 1 fully saturated rings. The molecule has 0 unspecified atom stereocenters. The van der Waals surface area contributed by atoms with E-state index in [2.05, 4.69) is 81.0 Å². The number of Topliss-reactive ketones (excluding diaryl/α,β-unsaturated/α-hetero) is 1.